The van der Waals surface area contributed by atoms with E-state index in [1.165, 1.54) is 0 Å². The lowest BCUT2D eigenvalue weighted by molar-refractivity contribution is 0.281. The van der Waals surface area contributed by atoms with Crippen LogP contribution in [0.25, 0.3) is 0 Å². The van der Waals surface area contributed by atoms with Gasteiger partial charge >= 0.3 is 0 Å². The van der Waals surface area contributed by atoms with Gasteiger partial charge in [0, 0.05) is 26.2 Å². The van der Waals surface area contributed by atoms with Crippen LogP contribution in [0.15, 0.2) is 47.5 Å². The quantitative estimate of drug-likeness (QED) is 0.314. The van der Waals surface area contributed by atoms with Crippen LogP contribution in [0.4, 0.5) is 0 Å². The molecule has 160 valence electrons. The predicted molar refractivity (Wildman–Crippen MR) is 126 cm³/mol. The molecule has 0 aliphatic carbocycles. The minimum Gasteiger partial charge on any atom is -0.496 e. The van der Waals surface area contributed by atoms with E-state index < -0.39 is 0 Å². The van der Waals surface area contributed by atoms with Crippen molar-refractivity contribution in [3.63, 3.8) is 0 Å². The summed E-state index contributed by atoms with van der Waals surface area (Å²) >= 11 is 0. The van der Waals surface area contributed by atoms with Crippen LogP contribution < -0.4 is 24.3 Å². The van der Waals surface area contributed by atoms with Crippen LogP contribution >= 0.6 is 24.0 Å². The van der Waals surface area contributed by atoms with E-state index in [0.29, 0.717) is 36.9 Å². The number of nitrogens with one attached hydrogen (secondary N) is 1. The highest BCUT2D eigenvalue weighted by Gasteiger charge is 2.15. The Kier molecular flexibility index (Phi) is 11.0. The minimum absolute atomic E-state index is 0. The highest BCUT2D eigenvalue weighted by atomic mass is 127. The molecule has 0 aliphatic heterocycles. The molecule has 0 saturated heterocycles. The number of guanidine groups is 1. The minimum atomic E-state index is 0. The third-order valence-electron chi connectivity index (χ3n) is 4.25. The summed E-state index contributed by atoms with van der Waals surface area (Å²) in [4.78, 5) is 6.35. The van der Waals surface area contributed by atoms with Crippen molar-refractivity contribution in [1.29, 1.82) is 0 Å². The molecule has 2 rings (SSSR count). The Morgan fingerprint density at radius 2 is 1.59 bits per heavy atom. The highest BCUT2D eigenvalue weighted by molar-refractivity contribution is 14.0. The third kappa shape index (κ3) is 7.19. The summed E-state index contributed by atoms with van der Waals surface area (Å²) in [6.45, 7) is 1.73. The number of rotatable bonds is 9. The van der Waals surface area contributed by atoms with Crippen LogP contribution in [0, 0.1) is 0 Å². The molecule has 0 aliphatic rings. The zero-order valence-electron chi connectivity index (χ0n) is 17.6. The van der Waals surface area contributed by atoms with E-state index in [1.807, 2.05) is 54.4 Å². The number of nitrogens with zero attached hydrogens (tertiary/aromatic N) is 2. The number of halogens is 1. The smallest absolute Gasteiger partial charge is 0.193 e. The van der Waals surface area contributed by atoms with Crippen molar-refractivity contribution < 1.29 is 18.9 Å². The van der Waals surface area contributed by atoms with Crippen molar-refractivity contribution in [3.8, 4) is 23.0 Å². The van der Waals surface area contributed by atoms with Crippen molar-refractivity contribution >= 4 is 29.9 Å². The number of aliphatic imine (C=N–C) groups is 1. The van der Waals surface area contributed by atoms with Gasteiger partial charge in [-0.1, -0.05) is 18.2 Å². The van der Waals surface area contributed by atoms with Gasteiger partial charge in [-0.2, -0.15) is 0 Å². The van der Waals surface area contributed by atoms with E-state index in [4.69, 9.17) is 18.9 Å². The predicted octanol–water partition coefficient (Wildman–Crippen LogP) is 3.42. The van der Waals surface area contributed by atoms with Crippen LogP contribution in [0.1, 0.15) is 5.56 Å². The molecule has 0 atom stereocenters. The first-order valence-corrected chi connectivity index (χ1v) is 9.01. The zero-order valence-corrected chi connectivity index (χ0v) is 19.9. The molecule has 0 fully saturated rings. The number of para-hydroxylation sites is 1. The Balaban J connectivity index is 0.00000420. The molecular formula is C21H30IN3O4. The fourth-order valence-corrected chi connectivity index (χ4v) is 2.73. The average molecular weight is 515 g/mol. The van der Waals surface area contributed by atoms with Crippen LogP contribution in [0.3, 0.4) is 0 Å². The number of hydrogen-bond acceptors (Lipinski definition) is 5. The molecular weight excluding hydrogens is 485 g/mol. The van der Waals surface area contributed by atoms with Gasteiger partial charge in [-0.05, 0) is 12.1 Å². The molecule has 0 spiro atoms. The third-order valence-corrected chi connectivity index (χ3v) is 4.25. The van der Waals surface area contributed by atoms with Gasteiger partial charge in [0.25, 0.3) is 0 Å². The van der Waals surface area contributed by atoms with E-state index in [-0.39, 0.29) is 24.0 Å². The SMILES string of the molecule is CN=C(NCc1c(OC)cc(OC)cc1OC)N(C)CCOc1ccccc1.I. The van der Waals surface area contributed by atoms with Crippen LogP contribution in [-0.2, 0) is 6.54 Å². The van der Waals surface area contributed by atoms with E-state index in [9.17, 15) is 0 Å². The number of hydrogen-bond donors (Lipinski definition) is 1. The molecule has 0 unspecified atom stereocenters. The van der Waals surface area contributed by atoms with Crippen molar-refractivity contribution in [2.24, 2.45) is 4.99 Å². The molecule has 7 nitrogen and oxygen atoms in total. The fraction of sp³-hybridized carbons (Fsp3) is 0.381. The molecule has 29 heavy (non-hydrogen) atoms. The molecule has 2 aromatic carbocycles. The maximum absolute atomic E-state index is 5.75. The van der Waals surface area contributed by atoms with Crippen LogP contribution in [-0.4, -0.2) is 59.4 Å². The number of likely N-dealkylation sites (N-methyl/N-ethyl adjacent to an activating group) is 1. The van der Waals surface area contributed by atoms with E-state index in [1.54, 1.807) is 28.4 Å². The molecule has 8 heteroatoms. The number of ether oxygens (including phenoxy) is 4. The van der Waals surface area contributed by atoms with Gasteiger partial charge in [-0.15, -0.1) is 24.0 Å². The standard InChI is InChI=1S/C21H29N3O4.HI/c1-22-21(24(2)11-12-28-16-9-7-6-8-10-16)23-15-18-19(26-4)13-17(25-3)14-20(18)27-5;/h6-10,13-14H,11-12,15H2,1-5H3,(H,22,23);1H. The largest absolute Gasteiger partial charge is 0.496 e. The summed E-state index contributed by atoms with van der Waals surface area (Å²) in [6.07, 6.45) is 0. The molecule has 1 N–H and O–H groups in total. The Morgan fingerprint density at radius 3 is 2.10 bits per heavy atom. The van der Waals surface area contributed by atoms with E-state index in [0.717, 1.165) is 17.3 Å². The summed E-state index contributed by atoms with van der Waals surface area (Å²) < 4.78 is 22.0. The molecule has 0 bridgehead atoms. The molecule has 0 radical (unpaired) electrons. The summed E-state index contributed by atoms with van der Waals surface area (Å²) in [5.74, 6) is 3.66. The van der Waals surface area contributed by atoms with Crippen molar-refractivity contribution in [2.45, 2.75) is 6.54 Å². The van der Waals surface area contributed by atoms with Gasteiger partial charge in [0.1, 0.15) is 29.6 Å². The second-order valence-electron chi connectivity index (χ2n) is 5.99. The van der Waals surface area contributed by atoms with E-state index in [2.05, 4.69) is 10.3 Å². The fourth-order valence-electron chi connectivity index (χ4n) is 2.73. The van der Waals surface area contributed by atoms with Gasteiger partial charge in [-0.3, -0.25) is 4.99 Å². The average Bonchev–Trinajstić information content (AvgIpc) is 2.74. The molecule has 0 amide bonds. The van der Waals surface area contributed by atoms with Gasteiger partial charge in [0.2, 0.25) is 0 Å². The summed E-state index contributed by atoms with van der Waals surface area (Å²) in [7, 11) is 8.57. The first-order chi connectivity index (χ1) is 13.6. The lowest BCUT2D eigenvalue weighted by Crippen LogP contribution is -2.40. The first kappa shape index (κ1) is 24.7. The number of methoxy groups -OCH3 is 3. The molecule has 0 heterocycles. The maximum atomic E-state index is 5.75. The van der Waals surface area contributed by atoms with Crippen molar-refractivity contribution in [3.05, 3.63) is 48.0 Å². The Labute approximate surface area is 190 Å². The van der Waals surface area contributed by atoms with Crippen molar-refractivity contribution in [2.75, 3.05) is 48.6 Å². The van der Waals surface area contributed by atoms with Crippen LogP contribution in [0.5, 0.6) is 23.0 Å². The first-order valence-electron chi connectivity index (χ1n) is 9.01. The normalized spacial score (nSPS) is 10.6. The Bertz CT molecular complexity index is 747. The van der Waals surface area contributed by atoms with Crippen molar-refractivity contribution in [1.82, 2.24) is 10.2 Å². The highest BCUT2D eigenvalue weighted by Crippen LogP contribution is 2.33. The monoisotopic (exact) mass is 515 g/mol. The summed E-state index contributed by atoms with van der Waals surface area (Å²) in [5, 5.41) is 3.34. The van der Waals surface area contributed by atoms with E-state index >= 15 is 0 Å². The van der Waals surface area contributed by atoms with Gasteiger partial charge in [0.15, 0.2) is 5.96 Å². The summed E-state index contributed by atoms with van der Waals surface area (Å²) in [6, 6.07) is 13.4. The molecule has 0 aromatic heterocycles. The maximum Gasteiger partial charge on any atom is 0.193 e. The van der Waals surface area contributed by atoms with Gasteiger partial charge in [0.05, 0.1) is 40.0 Å². The molecule has 0 saturated carbocycles. The summed E-state index contributed by atoms with van der Waals surface area (Å²) in [5.41, 5.74) is 0.890. The topological polar surface area (TPSA) is 64.6 Å². The molecule has 2 aromatic rings. The lowest BCUT2D eigenvalue weighted by atomic mass is 10.1. The van der Waals surface area contributed by atoms with Crippen LogP contribution in [0.2, 0.25) is 0 Å². The van der Waals surface area contributed by atoms with Gasteiger partial charge < -0.3 is 29.2 Å². The Hall–Kier alpha value is -2.36. The zero-order chi connectivity index (χ0) is 20.4. The second kappa shape index (κ2) is 13.0. The Morgan fingerprint density at radius 1 is 0.966 bits per heavy atom. The second-order valence-corrected chi connectivity index (χ2v) is 5.99. The van der Waals surface area contributed by atoms with Gasteiger partial charge in [-0.25, -0.2) is 0 Å². The number of benzene rings is 2. The lowest BCUT2D eigenvalue weighted by Gasteiger charge is -2.23.